The molecule has 4 nitrogen and oxygen atoms in total. The van der Waals surface area contributed by atoms with Gasteiger partial charge in [0.2, 0.25) is 0 Å². The molecule has 1 aromatic carbocycles. The maximum Gasteiger partial charge on any atom is 0.258 e. The summed E-state index contributed by atoms with van der Waals surface area (Å²) in [5.41, 5.74) is 1.08. The molecule has 1 aromatic rings. The number of hydrogen-bond acceptors (Lipinski definition) is 3. The van der Waals surface area contributed by atoms with Gasteiger partial charge >= 0.3 is 0 Å². The van der Waals surface area contributed by atoms with E-state index in [0.717, 1.165) is 18.4 Å². The Morgan fingerprint density at radius 3 is 2.52 bits per heavy atom. The van der Waals surface area contributed by atoms with E-state index >= 15 is 0 Å². The third kappa shape index (κ3) is 5.56. The number of carbonyl (C=O) groups is 1. The first-order valence-electron chi connectivity index (χ1n) is 7.40. The topological polar surface area (TPSA) is 50.4 Å². The minimum atomic E-state index is -0.118. The highest BCUT2D eigenvalue weighted by atomic mass is 35.5. The summed E-state index contributed by atoms with van der Waals surface area (Å²) in [7, 11) is 1.89. The van der Waals surface area contributed by atoms with Gasteiger partial charge in [-0.05, 0) is 44.5 Å². The molecule has 0 spiro atoms. The van der Waals surface area contributed by atoms with Gasteiger partial charge in [0.25, 0.3) is 5.91 Å². The van der Waals surface area contributed by atoms with Crippen LogP contribution in [0.4, 0.5) is 0 Å². The highest BCUT2D eigenvalue weighted by molar-refractivity contribution is 6.32. The summed E-state index contributed by atoms with van der Waals surface area (Å²) >= 11 is 6.19. The van der Waals surface area contributed by atoms with Crippen LogP contribution in [0.5, 0.6) is 5.75 Å². The van der Waals surface area contributed by atoms with Gasteiger partial charge in [0, 0.05) is 12.1 Å². The molecule has 5 heteroatoms. The van der Waals surface area contributed by atoms with Crippen LogP contribution in [0, 0.1) is 0 Å². The molecule has 2 N–H and O–H groups in total. The van der Waals surface area contributed by atoms with E-state index in [9.17, 15) is 4.79 Å². The first-order chi connectivity index (χ1) is 10.0. The number of carbonyl (C=O) groups excluding carboxylic acids is 1. The van der Waals surface area contributed by atoms with E-state index in [4.69, 9.17) is 16.3 Å². The van der Waals surface area contributed by atoms with E-state index in [2.05, 4.69) is 17.6 Å². The van der Waals surface area contributed by atoms with Crippen molar-refractivity contribution in [3.8, 4) is 5.75 Å². The Labute approximate surface area is 132 Å². The second kappa shape index (κ2) is 8.90. The average molecular weight is 313 g/mol. The molecule has 21 heavy (non-hydrogen) atoms. The van der Waals surface area contributed by atoms with Gasteiger partial charge in [-0.1, -0.05) is 31.5 Å². The van der Waals surface area contributed by atoms with Crippen molar-refractivity contribution in [3.05, 3.63) is 28.8 Å². The standard InChI is InChI=1S/C16H25ClN2O2/c1-5-13(6-2)19-16(20)10-21-15-8-7-12(9-14(15)17)11(3)18-4/h7-9,11,13,18H,5-6,10H2,1-4H3,(H,19,20). The van der Waals surface area contributed by atoms with E-state index in [1.165, 1.54) is 0 Å². The van der Waals surface area contributed by atoms with Crippen molar-refractivity contribution < 1.29 is 9.53 Å². The summed E-state index contributed by atoms with van der Waals surface area (Å²) in [4.78, 5) is 11.8. The predicted molar refractivity (Wildman–Crippen MR) is 86.9 cm³/mol. The van der Waals surface area contributed by atoms with E-state index in [-0.39, 0.29) is 24.6 Å². The SMILES string of the molecule is CCC(CC)NC(=O)COc1ccc(C(C)NC)cc1Cl. The number of ether oxygens (including phenoxy) is 1. The Balaban J connectivity index is 2.58. The fourth-order valence-corrected chi connectivity index (χ4v) is 2.22. The molecule has 1 atom stereocenters. The van der Waals surface area contributed by atoms with Crippen molar-refractivity contribution >= 4 is 17.5 Å². The minimum absolute atomic E-state index is 0.0167. The molecule has 0 bridgehead atoms. The molecule has 0 aromatic heterocycles. The van der Waals surface area contributed by atoms with Gasteiger partial charge in [0.1, 0.15) is 5.75 Å². The van der Waals surface area contributed by atoms with Gasteiger partial charge in [-0.2, -0.15) is 0 Å². The van der Waals surface area contributed by atoms with Crippen molar-refractivity contribution in [2.75, 3.05) is 13.7 Å². The van der Waals surface area contributed by atoms with E-state index in [0.29, 0.717) is 10.8 Å². The Bertz CT molecular complexity index is 462. The van der Waals surface area contributed by atoms with Crippen molar-refractivity contribution in [2.24, 2.45) is 0 Å². The van der Waals surface area contributed by atoms with Crippen LogP contribution in [0.2, 0.25) is 5.02 Å². The molecule has 1 unspecified atom stereocenters. The Morgan fingerprint density at radius 1 is 1.33 bits per heavy atom. The van der Waals surface area contributed by atoms with Gasteiger partial charge < -0.3 is 15.4 Å². The van der Waals surface area contributed by atoms with E-state index in [1.54, 1.807) is 6.07 Å². The predicted octanol–water partition coefficient (Wildman–Crippen LogP) is 3.30. The zero-order valence-corrected chi connectivity index (χ0v) is 14.0. The normalized spacial score (nSPS) is 12.3. The summed E-state index contributed by atoms with van der Waals surface area (Å²) in [5, 5.41) is 6.60. The average Bonchev–Trinajstić information content (AvgIpc) is 2.50. The molecule has 118 valence electrons. The highest BCUT2D eigenvalue weighted by Crippen LogP contribution is 2.27. The van der Waals surface area contributed by atoms with Gasteiger partial charge in [-0.3, -0.25) is 4.79 Å². The van der Waals surface area contributed by atoms with Crippen LogP contribution in [0.15, 0.2) is 18.2 Å². The van der Waals surface area contributed by atoms with Crippen LogP contribution in [0.3, 0.4) is 0 Å². The maximum atomic E-state index is 11.8. The number of amides is 1. The van der Waals surface area contributed by atoms with Crippen LogP contribution in [0.25, 0.3) is 0 Å². The van der Waals surface area contributed by atoms with Crippen molar-refractivity contribution in [1.82, 2.24) is 10.6 Å². The largest absolute Gasteiger partial charge is 0.482 e. The molecule has 0 fully saturated rings. The molecule has 0 saturated heterocycles. The number of hydrogen-bond donors (Lipinski definition) is 2. The van der Waals surface area contributed by atoms with Crippen molar-refractivity contribution in [2.45, 2.75) is 45.7 Å². The summed E-state index contributed by atoms with van der Waals surface area (Å²) in [5.74, 6) is 0.413. The third-order valence-electron chi connectivity index (χ3n) is 3.60. The van der Waals surface area contributed by atoms with Gasteiger partial charge in [-0.25, -0.2) is 0 Å². The number of halogens is 1. The molecule has 1 rings (SSSR count). The molecule has 0 heterocycles. The molecular weight excluding hydrogens is 288 g/mol. The summed E-state index contributed by atoms with van der Waals surface area (Å²) in [6.45, 7) is 6.13. The monoisotopic (exact) mass is 312 g/mol. The maximum absolute atomic E-state index is 11.8. The van der Waals surface area contributed by atoms with Gasteiger partial charge in [0.15, 0.2) is 6.61 Å². The zero-order valence-electron chi connectivity index (χ0n) is 13.2. The van der Waals surface area contributed by atoms with E-state index in [1.807, 2.05) is 33.0 Å². The van der Waals surface area contributed by atoms with E-state index < -0.39 is 0 Å². The molecule has 0 aliphatic heterocycles. The Hall–Kier alpha value is -1.26. The number of nitrogens with one attached hydrogen (secondary N) is 2. The second-order valence-electron chi connectivity index (χ2n) is 5.07. The quantitative estimate of drug-likeness (QED) is 0.774. The summed E-state index contributed by atoms with van der Waals surface area (Å²) < 4.78 is 5.49. The zero-order chi connectivity index (χ0) is 15.8. The number of benzene rings is 1. The fourth-order valence-electron chi connectivity index (χ4n) is 1.98. The summed E-state index contributed by atoms with van der Waals surface area (Å²) in [6.07, 6.45) is 1.83. The van der Waals surface area contributed by atoms with Crippen LogP contribution < -0.4 is 15.4 Å². The Kier molecular flexibility index (Phi) is 7.54. The molecule has 0 aliphatic rings. The number of rotatable bonds is 8. The smallest absolute Gasteiger partial charge is 0.258 e. The lowest BCUT2D eigenvalue weighted by Crippen LogP contribution is -2.37. The van der Waals surface area contributed by atoms with Crippen LogP contribution in [0.1, 0.15) is 45.2 Å². The van der Waals surface area contributed by atoms with Crippen LogP contribution in [-0.4, -0.2) is 25.6 Å². The van der Waals surface area contributed by atoms with Crippen molar-refractivity contribution in [1.29, 1.82) is 0 Å². The van der Waals surface area contributed by atoms with Gasteiger partial charge in [-0.15, -0.1) is 0 Å². The first kappa shape index (κ1) is 17.8. The molecule has 0 aliphatic carbocycles. The van der Waals surface area contributed by atoms with Crippen molar-refractivity contribution in [3.63, 3.8) is 0 Å². The van der Waals surface area contributed by atoms with Crippen LogP contribution >= 0.6 is 11.6 Å². The molecule has 0 saturated carbocycles. The summed E-state index contributed by atoms with van der Waals surface area (Å²) in [6, 6.07) is 6.03. The molecule has 1 amide bonds. The lowest BCUT2D eigenvalue weighted by Gasteiger charge is -2.16. The lowest BCUT2D eigenvalue weighted by atomic mass is 10.1. The highest BCUT2D eigenvalue weighted by Gasteiger charge is 2.11. The van der Waals surface area contributed by atoms with Crippen LogP contribution in [-0.2, 0) is 4.79 Å². The molecule has 0 radical (unpaired) electrons. The lowest BCUT2D eigenvalue weighted by molar-refractivity contribution is -0.123. The minimum Gasteiger partial charge on any atom is -0.482 e. The van der Waals surface area contributed by atoms with Gasteiger partial charge in [0.05, 0.1) is 5.02 Å². The molecular formula is C16H25ClN2O2. The second-order valence-corrected chi connectivity index (χ2v) is 5.48. The Morgan fingerprint density at radius 2 is 2.00 bits per heavy atom. The third-order valence-corrected chi connectivity index (χ3v) is 3.89. The fraction of sp³-hybridized carbons (Fsp3) is 0.562. The first-order valence-corrected chi connectivity index (χ1v) is 7.78.